The lowest BCUT2D eigenvalue weighted by atomic mass is 9.85. The van der Waals surface area contributed by atoms with Gasteiger partial charge in [0, 0.05) is 0 Å². The monoisotopic (exact) mass is 298 g/mol. The molecule has 1 fully saturated rings. The Bertz CT molecular complexity index is 539. The molecule has 0 radical (unpaired) electrons. The molecular formula is C17H21F3O. The molecule has 1 aromatic rings. The lowest BCUT2D eigenvalue weighted by Gasteiger charge is -2.20. The Morgan fingerprint density at radius 2 is 1.95 bits per heavy atom. The molecule has 1 saturated heterocycles. The Labute approximate surface area is 123 Å². The zero-order valence-electron chi connectivity index (χ0n) is 12.7. The maximum absolute atomic E-state index is 12.9. The number of benzene rings is 1. The molecule has 116 valence electrons. The largest absolute Gasteiger partial charge is 0.416 e. The van der Waals surface area contributed by atoms with Crippen LogP contribution in [0.25, 0.3) is 5.57 Å². The highest BCUT2D eigenvalue weighted by Gasteiger charge is 2.48. The highest BCUT2D eigenvalue weighted by Crippen LogP contribution is 2.47. The van der Waals surface area contributed by atoms with Crippen LogP contribution in [0, 0.1) is 0 Å². The number of halogens is 3. The second kappa shape index (κ2) is 5.84. The van der Waals surface area contributed by atoms with Crippen LogP contribution < -0.4 is 0 Å². The summed E-state index contributed by atoms with van der Waals surface area (Å²) >= 11 is 0. The molecule has 4 heteroatoms. The first-order valence-electron chi connectivity index (χ1n) is 7.36. The van der Waals surface area contributed by atoms with Gasteiger partial charge in [0.05, 0.1) is 12.2 Å². The van der Waals surface area contributed by atoms with E-state index in [9.17, 15) is 13.2 Å². The molecule has 1 atom stereocenters. The van der Waals surface area contributed by atoms with Crippen LogP contribution >= 0.6 is 0 Å². The van der Waals surface area contributed by atoms with Crippen molar-refractivity contribution in [3.63, 3.8) is 0 Å². The lowest BCUT2D eigenvalue weighted by molar-refractivity contribution is -0.137. The third kappa shape index (κ3) is 3.31. The normalized spacial score (nSPS) is 23.0. The summed E-state index contributed by atoms with van der Waals surface area (Å²) in [6.45, 7) is 6.66. The van der Waals surface area contributed by atoms with E-state index in [1.165, 1.54) is 12.1 Å². The third-order valence-electron chi connectivity index (χ3n) is 4.04. The van der Waals surface area contributed by atoms with Crippen LogP contribution in [0.5, 0.6) is 0 Å². The number of alkyl halides is 3. The van der Waals surface area contributed by atoms with Gasteiger partial charge in [0.15, 0.2) is 0 Å². The molecule has 0 amide bonds. The molecule has 0 spiro atoms. The Hall–Kier alpha value is -1.29. The van der Waals surface area contributed by atoms with E-state index in [0.717, 1.165) is 36.5 Å². The molecular weight excluding hydrogens is 277 g/mol. The minimum Gasteiger partial charge on any atom is -0.364 e. The summed E-state index contributed by atoms with van der Waals surface area (Å²) in [6.07, 6.45) is -1.72. The van der Waals surface area contributed by atoms with Gasteiger partial charge in [0.1, 0.15) is 5.60 Å². The van der Waals surface area contributed by atoms with Crippen LogP contribution in [0.1, 0.15) is 51.2 Å². The van der Waals surface area contributed by atoms with Crippen LogP contribution in [-0.4, -0.2) is 12.2 Å². The first-order valence-corrected chi connectivity index (χ1v) is 7.36. The number of allylic oxidation sites excluding steroid dienone is 1. The second-order valence-electron chi connectivity index (χ2n) is 5.62. The molecule has 0 aliphatic carbocycles. The van der Waals surface area contributed by atoms with Gasteiger partial charge in [-0.15, -0.1) is 0 Å². The molecule has 0 bridgehead atoms. The van der Waals surface area contributed by atoms with Crippen LogP contribution in [0.3, 0.4) is 0 Å². The van der Waals surface area contributed by atoms with E-state index in [0.29, 0.717) is 12.2 Å². The van der Waals surface area contributed by atoms with Crippen molar-refractivity contribution in [3.8, 4) is 0 Å². The fourth-order valence-corrected chi connectivity index (χ4v) is 2.83. The van der Waals surface area contributed by atoms with Gasteiger partial charge in [-0.1, -0.05) is 38.0 Å². The van der Waals surface area contributed by atoms with E-state index in [1.807, 2.05) is 13.8 Å². The van der Waals surface area contributed by atoms with Crippen LogP contribution in [0.4, 0.5) is 13.2 Å². The lowest BCUT2D eigenvalue weighted by Crippen LogP contribution is -2.16. The third-order valence-corrected chi connectivity index (χ3v) is 4.04. The van der Waals surface area contributed by atoms with Crippen molar-refractivity contribution in [2.24, 2.45) is 0 Å². The maximum Gasteiger partial charge on any atom is 0.416 e. The molecule has 1 aromatic carbocycles. The molecule has 2 rings (SSSR count). The molecule has 1 aliphatic heterocycles. The molecule has 1 heterocycles. The number of epoxide rings is 1. The highest BCUT2D eigenvalue weighted by molar-refractivity contribution is 5.77. The number of hydrogen-bond acceptors (Lipinski definition) is 1. The zero-order chi connectivity index (χ0) is 15.7. The van der Waals surface area contributed by atoms with Gasteiger partial charge in [-0.3, -0.25) is 0 Å². The van der Waals surface area contributed by atoms with E-state index in [4.69, 9.17) is 4.74 Å². The van der Waals surface area contributed by atoms with Crippen molar-refractivity contribution in [1.82, 2.24) is 0 Å². The van der Waals surface area contributed by atoms with Crippen molar-refractivity contribution in [2.45, 2.75) is 51.8 Å². The van der Waals surface area contributed by atoms with Gasteiger partial charge in [-0.05, 0) is 43.0 Å². The standard InChI is InChI=1S/C17H21F3O/c1-4-9-16(11-21-16)15(12(3)5-2)13-7-6-8-14(10-13)17(18,19)20/h6-8,10H,4-5,9,11H2,1-3H3/b15-12+/t16-/m0/s1. The van der Waals surface area contributed by atoms with Crippen molar-refractivity contribution < 1.29 is 17.9 Å². The summed E-state index contributed by atoms with van der Waals surface area (Å²) in [4.78, 5) is 0. The fraction of sp³-hybridized carbons (Fsp3) is 0.529. The minimum atomic E-state index is -4.32. The molecule has 0 unspecified atom stereocenters. The smallest absolute Gasteiger partial charge is 0.364 e. The predicted molar refractivity (Wildman–Crippen MR) is 77.9 cm³/mol. The maximum atomic E-state index is 12.9. The SMILES string of the molecule is CCC[C@@]1(/C(=C(\C)CC)c2cccc(C(F)(F)F)c2)CO1. The molecule has 0 aromatic heterocycles. The van der Waals surface area contributed by atoms with E-state index in [1.54, 1.807) is 6.07 Å². The Kier molecular flexibility index (Phi) is 4.47. The topological polar surface area (TPSA) is 12.5 Å². The van der Waals surface area contributed by atoms with Gasteiger partial charge in [-0.25, -0.2) is 0 Å². The number of ether oxygens (including phenoxy) is 1. The summed E-state index contributed by atoms with van der Waals surface area (Å²) < 4.78 is 44.4. The van der Waals surface area contributed by atoms with Gasteiger partial charge in [0.25, 0.3) is 0 Å². The van der Waals surface area contributed by atoms with Gasteiger partial charge in [0.2, 0.25) is 0 Å². The Morgan fingerprint density at radius 3 is 2.43 bits per heavy atom. The van der Waals surface area contributed by atoms with Crippen molar-refractivity contribution >= 4 is 5.57 Å². The summed E-state index contributed by atoms with van der Waals surface area (Å²) in [5.41, 5.74) is 1.70. The zero-order valence-corrected chi connectivity index (χ0v) is 12.7. The average Bonchev–Trinajstić information content (AvgIpc) is 3.19. The van der Waals surface area contributed by atoms with Gasteiger partial charge in [-0.2, -0.15) is 13.2 Å². The van der Waals surface area contributed by atoms with E-state index in [-0.39, 0.29) is 5.60 Å². The van der Waals surface area contributed by atoms with E-state index in [2.05, 4.69) is 6.92 Å². The summed E-state index contributed by atoms with van der Waals surface area (Å²) in [5, 5.41) is 0. The van der Waals surface area contributed by atoms with Crippen molar-refractivity contribution in [2.75, 3.05) is 6.61 Å². The van der Waals surface area contributed by atoms with Crippen molar-refractivity contribution in [1.29, 1.82) is 0 Å². The second-order valence-corrected chi connectivity index (χ2v) is 5.62. The van der Waals surface area contributed by atoms with Gasteiger partial charge < -0.3 is 4.74 Å². The minimum absolute atomic E-state index is 0.376. The summed E-state index contributed by atoms with van der Waals surface area (Å²) in [7, 11) is 0. The quantitative estimate of drug-likeness (QED) is 0.658. The first-order chi connectivity index (χ1) is 9.84. The molecule has 1 aliphatic rings. The van der Waals surface area contributed by atoms with Crippen LogP contribution in [0.2, 0.25) is 0 Å². The molecule has 0 N–H and O–H groups in total. The molecule has 1 nitrogen and oxygen atoms in total. The molecule has 0 saturated carbocycles. The first kappa shape index (κ1) is 16.1. The Morgan fingerprint density at radius 1 is 1.29 bits per heavy atom. The Balaban J connectivity index is 2.49. The number of hydrogen-bond donors (Lipinski definition) is 0. The summed E-state index contributed by atoms with van der Waals surface area (Å²) in [5.74, 6) is 0. The molecule has 21 heavy (non-hydrogen) atoms. The highest BCUT2D eigenvalue weighted by atomic mass is 19.4. The van der Waals surface area contributed by atoms with E-state index >= 15 is 0 Å². The average molecular weight is 298 g/mol. The van der Waals surface area contributed by atoms with Crippen molar-refractivity contribution in [3.05, 3.63) is 41.0 Å². The van der Waals surface area contributed by atoms with E-state index < -0.39 is 11.7 Å². The fourth-order valence-electron chi connectivity index (χ4n) is 2.83. The number of rotatable bonds is 5. The van der Waals surface area contributed by atoms with Crippen LogP contribution in [0.15, 0.2) is 29.8 Å². The predicted octanol–water partition coefficient (Wildman–Crippen LogP) is 5.46. The van der Waals surface area contributed by atoms with Gasteiger partial charge >= 0.3 is 6.18 Å². The van der Waals surface area contributed by atoms with Crippen LogP contribution in [-0.2, 0) is 10.9 Å². The summed E-state index contributed by atoms with van der Waals surface area (Å²) in [6, 6.07) is 5.59.